The van der Waals surface area contributed by atoms with Crippen LogP contribution in [0.25, 0.3) is 0 Å². The van der Waals surface area contributed by atoms with Gasteiger partial charge in [-0.2, -0.15) is 0 Å². The third kappa shape index (κ3) is 4.01. The summed E-state index contributed by atoms with van der Waals surface area (Å²) < 4.78 is 11.2. The van der Waals surface area contributed by atoms with Gasteiger partial charge in [0.05, 0.1) is 36.1 Å². The second kappa shape index (κ2) is 9.06. The van der Waals surface area contributed by atoms with Crippen LogP contribution in [0.1, 0.15) is 35.9 Å². The Morgan fingerprint density at radius 3 is 2.38 bits per heavy atom. The van der Waals surface area contributed by atoms with E-state index in [2.05, 4.69) is 26.6 Å². The van der Waals surface area contributed by atoms with Crippen LogP contribution >= 0.6 is 15.9 Å². The predicted molar refractivity (Wildman–Crippen MR) is 136 cm³/mol. The molecule has 3 aromatic rings. The number of nitrogens with one attached hydrogen (secondary N) is 2. The van der Waals surface area contributed by atoms with Crippen molar-refractivity contribution in [2.24, 2.45) is 0 Å². The van der Waals surface area contributed by atoms with Gasteiger partial charge in [0.2, 0.25) is 0 Å². The largest absolute Gasteiger partial charge is 0.503 e. The molecule has 0 amide bonds. The number of rotatable bonds is 4. The molecule has 0 saturated carbocycles. The molecule has 0 radical (unpaired) electrons. The summed E-state index contributed by atoms with van der Waals surface area (Å²) in [5, 5.41) is 17.4. The Balaban J connectivity index is 1.61. The molecule has 0 saturated heterocycles. The summed E-state index contributed by atoms with van der Waals surface area (Å²) in [7, 11) is 3.16. The first-order chi connectivity index (χ1) is 16.5. The van der Waals surface area contributed by atoms with Gasteiger partial charge in [-0.3, -0.25) is 4.79 Å². The number of phenols is 1. The van der Waals surface area contributed by atoms with E-state index >= 15 is 0 Å². The number of hydrogen-bond acceptors (Lipinski definition) is 6. The molecule has 5 rings (SSSR count). The van der Waals surface area contributed by atoms with Crippen LogP contribution in [0.4, 0.5) is 11.4 Å². The van der Waals surface area contributed by atoms with E-state index in [0.29, 0.717) is 28.6 Å². The molecule has 2 atom stereocenters. The number of allylic oxidation sites excluding steroid dienone is 1. The number of ketones is 1. The van der Waals surface area contributed by atoms with Gasteiger partial charge < -0.3 is 25.2 Å². The Hall–Kier alpha value is -3.45. The zero-order valence-corrected chi connectivity index (χ0v) is 20.5. The molecule has 1 aliphatic heterocycles. The van der Waals surface area contributed by atoms with Gasteiger partial charge in [-0.15, -0.1) is 0 Å². The quantitative estimate of drug-likeness (QED) is 0.382. The minimum absolute atomic E-state index is 0.0298. The zero-order chi connectivity index (χ0) is 23.8. The Morgan fingerprint density at radius 1 is 0.941 bits per heavy atom. The molecule has 1 heterocycles. The van der Waals surface area contributed by atoms with Crippen molar-refractivity contribution in [3.05, 3.63) is 87.5 Å². The Bertz CT molecular complexity index is 1290. The molecule has 0 aromatic heterocycles. The van der Waals surface area contributed by atoms with E-state index in [0.717, 1.165) is 33.9 Å². The third-order valence-electron chi connectivity index (χ3n) is 6.50. The first-order valence-corrected chi connectivity index (χ1v) is 11.9. The van der Waals surface area contributed by atoms with E-state index in [9.17, 15) is 9.90 Å². The summed E-state index contributed by atoms with van der Waals surface area (Å²) in [6.45, 7) is 0. The average Bonchev–Trinajstić information content (AvgIpc) is 3.02. The number of anilines is 2. The molecule has 174 valence electrons. The van der Waals surface area contributed by atoms with Crippen LogP contribution in [0.2, 0.25) is 0 Å². The topological polar surface area (TPSA) is 79.8 Å². The van der Waals surface area contributed by atoms with E-state index in [4.69, 9.17) is 9.47 Å². The highest BCUT2D eigenvalue weighted by Crippen LogP contribution is 2.46. The molecule has 6 nitrogen and oxygen atoms in total. The minimum Gasteiger partial charge on any atom is -0.503 e. The molecule has 0 spiro atoms. The first kappa shape index (κ1) is 22.3. The van der Waals surface area contributed by atoms with Crippen molar-refractivity contribution in [3.8, 4) is 17.2 Å². The Kier molecular flexibility index (Phi) is 5.96. The molecule has 34 heavy (non-hydrogen) atoms. The molecule has 1 aliphatic carbocycles. The SMILES string of the molecule is COc1ccc([C@H]2CC(=O)C3=C(C2)Nc2ccccc2N[C@@H]3c2cc(Br)c(O)c(OC)c2)cc1. The van der Waals surface area contributed by atoms with Crippen molar-refractivity contribution in [1.29, 1.82) is 0 Å². The van der Waals surface area contributed by atoms with Crippen LogP contribution in [-0.2, 0) is 4.79 Å². The maximum absolute atomic E-state index is 13.7. The highest BCUT2D eigenvalue weighted by atomic mass is 79.9. The lowest BCUT2D eigenvalue weighted by molar-refractivity contribution is -0.116. The lowest BCUT2D eigenvalue weighted by atomic mass is 9.78. The van der Waals surface area contributed by atoms with Gasteiger partial charge >= 0.3 is 0 Å². The molecule has 2 aliphatic rings. The molecule has 0 bridgehead atoms. The van der Waals surface area contributed by atoms with Crippen molar-refractivity contribution < 1.29 is 19.4 Å². The number of carbonyl (C=O) groups excluding carboxylic acids is 1. The lowest BCUT2D eigenvalue weighted by Crippen LogP contribution is -2.27. The zero-order valence-electron chi connectivity index (χ0n) is 18.9. The van der Waals surface area contributed by atoms with Crippen molar-refractivity contribution in [2.75, 3.05) is 24.9 Å². The summed E-state index contributed by atoms with van der Waals surface area (Å²) in [5.74, 6) is 1.32. The summed E-state index contributed by atoms with van der Waals surface area (Å²) >= 11 is 3.43. The predicted octanol–water partition coefficient (Wildman–Crippen LogP) is 6.15. The van der Waals surface area contributed by atoms with Gasteiger partial charge in [0, 0.05) is 17.7 Å². The fourth-order valence-corrected chi connectivity index (χ4v) is 5.23. The molecule has 7 heteroatoms. The number of phenolic OH excluding ortho intramolecular Hbond substituents is 1. The van der Waals surface area contributed by atoms with Crippen LogP contribution in [0.5, 0.6) is 17.2 Å². The normalized spacial score (nSPS) is 19.3. The number of fused-ring (bicyclic) bond motifs is 1. The number of Topliss-reactive ketones (excluding diaryl/α,β-unsaturated/α-hetero) is 1. The summed E-state index contributed by atoms with van der Waals surface area (Å²) in [6, 6.07) is 19.1. The maximum atomic E-state index is 13.7. The molecule has 0 unspecified atom stereocenters. The molecule has 3 aromatic carbocycles. The standard InChI is InChI=1S/C27H25BrN2O4/c1-33-18-9-7-15(8-10-18)16-12-22-25(23(31)13-16)26(30-21-6-4-3-5-20(21)29-22)17-11-19(28)27(32)24(14-17)34-2/h3-11,14,16,26,29-30,32H,12-13H2,1-2H3/t16-,26-/m1/s1. The average molecular weight is 521 g/mol. The van der Waals surface area contributed by atoms with E-state index < -0.39 is 6.04 Å². The van der Waals surface area contributed by atoms with Crippen molar-refractivity contribution in [1.82, 2.24) is 0 Å². The number of methoxy groups -OCH3 is 2. The van der Waals surface area contributed by atoms with Crippen LogP contribution < -0.4 is 20.1 Å². The monoisotopic (exact) mass is 520 g/mol. The van der Waals surface area contributed by atoms with E-state index in [1.807, 2.05) is 54.6 Å². The Labute approximate surface area is 206 Å². The van der Waals surface area contributed by atoms with E-state index in [1.165, 1.54) is 7.11 Å². The van der Waals surface area contributed by atoms with Gasteiger partial charge in [-0.05, 0) is 75.8 Å². The van der Waals surface area contributed by atoms with Crippen LogP contribution in [-0.4, -0.2) is 25.1 Å². The van der Waals surface area contributed by atoms with Crippen molar-refractivity contribution in [2.45, 2.75) is 24.8 Å². The summed E-state index contributed by atoms with van der Waals surface area (Å²) in [4.78, 5) is 13.7. The van der Waals surface area contributed by atoms with Gasteiger partial charge in [0.15, 0.2) is 17.3 Å². The minimum atomic E-state index is -0.402. The second-order valence-corrected chi connectivity index (χ2v) is 9.35. The van der Waals surface area contributed by atoms with E-state index in [-0.39, 0.29) is 17.5 Å². The van der Waals surface area contributed by atoms with E-state index in [1.54, 1.807) is 13.2 Å². The maximum Gasteiger partial charge on any atom is 0.172 e. The van der Waals surface area contributed by atoms with Crippen molar-refractivity contribution in [3.63, 3.8) is 0 Å². The smallest absolute Gasteiger partial charge is 0.172 e. The van der Waals surface area contributed by atoms with Gasteiger partial charge in [-0.25, -0.2) is 0 Å². The second-order valence-electron chi connectivity index (χ2n) is 8.50. The number of ether oxygens (including phenoxy) is 2. The number of benzene rings is 3. The van der Waals surface area contributed by atoms with Gasteiger partial charge in [0.1, 0.15) is 5.75 Å². The number of halogens is 1. The molecular weight excluding hydrogens is 496 g/mol. The lowest BCUT2D eigenvalue weighted by Gasteiger charge is -2.30. The van der Waals surface area contributed by atoms with Crippen LogP contribution in [0.3, 0.4) is 0 Å². The fraction of sp³-hybridized carbons (Fsp3) is 0.222. The molecule has 0 fully saturated rings. The highest BCUT2D eigenvalue weighted by Gasteiger charge is 2.36. The number of carbonyl (C=O) groups is 1. The number of aromatic hydroxyl groups is 1. The summed E-state index contributed by atoms with van der Waals surface area (Å²) in [5.41, 5.74) is 5.37. The molecular formula is C27H25BrN2O4. The Morgan fingerprint density at radius 2 is 1.68 bits per heavy atom. The summed E-state index contributed by atoms with van der Waals surface area (Å²) in [6.07, 6.45) is 1.12. The van der Waals surface area contributed by atoms with Crippen LogP contribution in [0, 0.1) is 0 Å². The van der Waals surface area contributed by atoms with Crippen molar-refractivity contribution >= 4 is 33.1 Å². The van der Waals surface area contributed by atoms with Gasteiger partial charge in [-0.1, -0.05) is 24.3 Å². The number of hydrogen-bond donors (Lipinski definition) is 3. The highest BCUT2D eigenvalue weighted by molar-refractivity contribution is 9.10. The van der Waals surface area contributed by atoms with Crippen LogP contribution in [0.15, 0.2) is 76.4 Å². The fourth-order valence-electron chi connectivity index (χ4n) is 4.77. The number of para-hydroxylation sites is 2. The third-order valence-corrected chi connectivity index (χ3v) is 7.10. The molecule has 3 N–H and O–H groups in total. The van der Waals surface area contributed by atoms with Gasteiger partial charge in [0.25, 0.3) is 0 Å². The first-order valence-electron chi connectivity index (χ1n) is 11.1.